The molecule has 0 unspecified atom stereocenters. The van der Waals surface area contributed by atoms with Gasteiger partial charge in [0.15, 0.2) is 0 Å². The lowest BCUT2D eigenvalue weighted by atomic mass is 10.2. The molecule has 1 saturated heterocycles. The zero-order valence-corrected chi connectivity index (χ0v) is 14.9. The molecule has 2 N–H and O–H groups in total. The van der Waals surface area contributed by atoms with Crippen LogP contribution in [0.25, 0.3) is 0 Å². The summed E-state index contributed by atoms with van der Waals surface area (Å²) in [6.45, 7) is 2.40. The molecule has 1 fully saturated rings. The van der Waals surface area contributed by atoms with Crippen LogP contribution in [0.1, 0.15) is 18.4 Å². The van der Waals surface area contributed by atoms with E-state index in [2.05, 4.69) is 10.6 Å². The summed E-state index contributed by atoms with van der Waals surface area (Å²) in [5.74, 6) is -0.262. The van der Waals surface area contributed by atoms with Crippen LogP contribution in [0.2, 0.25) is 0 Å². The normalized spacial score (nSPS) is 13.5. The summed E-state index contributed by atoms with van der Waals surface area (Å²) in [7, 11) is 0. The number of carbonyl (C=O) groups excluding carboxylic acids is 2. The van der Waals surface area contributed by atoms with Gasteiger partial charge in [-0.15, -0.1) is 0 Å². The highest BCUT2D eigenvalue weighted by Crippen LogP contribution is 2.29. The molecule has 8 nitrogen and oxygen atoms in total. The fourth-order valence-corrected chi connectivity index (χ4v) is 2.99. The van der Waals surface area contributed by atoms with Crippen molar-refractivity contribution in [2.75, 3.05) is 28.6 Å². The number of para-hydroxylation sites is 2. The van der Waals surface area contributed by atoms with E-state index in [1.165, 1.54) is 12.1 Å². The Morgan fingerprint density at radius 3 is 2.70 bits per heavy atom. The number of non-ortho nitro benzene ring substituents is 1. The highest BCUT2D eigenvalue weighted by atomic mass is 16.6. The minimum atomic E-state index is -0.503. The van der Waals surface area contributed by atoms with Gasteiger partial charge in [-0.1, -0.05) is 18.2 Å². The van der Waals surface area contributed by atoms with Crippen LogP contribution >= 0.6 is 0 Å². The molecule has 0 aliphatic carbocycles. The van der Waals surface area contributed by atoms with E-state index in [9.17, 15) is 19.7 Å². The average molecular weight is 368 g/mol. The second-order valence-corrected chi connectivity index (χ2v) is 6.32. The zero-order valence-electron chi connectivity index (χ0n) is 14.9. The molecule has 0 atom stereocenters. The summed E-state index contributed by atoms with van der Waals surface area (Å²) in [6.07, 6.45) is 1.35. The molecule has 0 saturated carbocycles. The number of amides is 2. The van der Waals surface area contributed by atoms with E-state index in [0.29, 0.717) is 24.3 Å². The molecular weight excluding hydrogens is 348 g/mol. The number of aryl methyl sites for hydroxylation is 1. The van der Waals surface area contributed by atoms with Gasteiger partial charge in [0, 0.05) is 25.1 Å². The molecule has 1 aliphatic heterocycles. The van der Waals surface area contributed by atoms with Crippen molar-refractivity contribution >= 4 is 34.6 Å². The number of nitrogens with zero attached hydrogens (tertiary/aromatic N) is 2. The number of carbonyl (C=O) groups is 2. The van der Waals surface area contributed by atoms with Gasteiger partial charge in [0.1, 0.15) is 0 Å². The van der Waals surface area contributed by atoms with Crippen LogP contribution in [0.4, 0.5) is 22.7 Å². The molecule has 0 aromatic heterocycles. The third-order valence-electron chi connectivity index (χ3n) is 4.41. The number of nitro groups is 1. The maximum Gasteiger partial charge on any atom is 0.271 e. The van der Waals surface area contributed by atoms with Crippen LogP contribution < -0.4 is 15.5 Å². The maximum atomic E-state index is 12.3. The molecule has 8 heteroatoms. The Kier molecular flexibility index (Phi) is 5.35. The van der Waals surface area contributed by atoms with Crippen LogP contribution in [-0.2, 0) is 9.59 Å². The summed E-state index contributed by atoms with van der Waals surface area (Å²) >= 11 is 0. The van der Waals surface area contributed by atoms with E-state index in [1.54, 1.807) is 17.9 Å². The first-order valence-corrected chi connectivity index (χ1v) is 8.64. The molecular formula is C19H20N4O4. The minimum Gasteiger partial charge on any atom is -0.374 e. The first-order valence-electron chi connectivity index (χ1n) is 8.64. The van der Waals surface area contributed by atoms with Crippen LogP contribution in [-0.4, -0.2) is 29.8 Å². The first kappa shape index (κ1) is 18.4. The monoisotopic (exact) mass is 368 g/mol. The quantitative estimate of drug-likeness (QED) is 0.602. The highest BCUT2D eigenvalue weighted by Gasteiger charge is 2.23. The van der Waals surface area contributed by atoms with Gasteiger partial charge < -0.3 is 15.5 Å². The zero-order chi connectivity index (χ0) is 19.4. The minimum absolute atomic E-state index is 0.0266. The van der Waals surface area contributed by atoms with Gasteiger partial charge in [0.05, 0.1) is 28.5 Å². The van der Waals surface area contributed by atoms with E-state index >= 15 is 0 Å². The number of nitrogens with one attached hydrogen (secondary N) is 2. The number of rotatable bonds is 6. The van der Waals surface area contributed by atoms with Crippen molar-refractivity contribution in [1.29, 1.82) is 0 Å². The van der Waals surface area contributed by atoms with Crippen molar-refractivity contribution in [2.45, 2.75) is 19.8 Å². The van der Waals surface area contributed by atoms with Gasteiger partial charge in [0.25, 0.3) is 5.69 Å². The summed E-state index contributed by atoms with van der Waals surface area (Å²) in [5.41, 5.74) is 2.50. The standard InChI is InChI=1S/C19H20N4O4/c1-13-8-9-14(23(26)27)11-16(13)21-18(24)12-20-15-5-2-3-6-17(15)22-10-4-7-19(22)25/h2-3,5-6,8-9,11,20H,4,7,10,12H2,1H3,(H,21,24). The largest absolute Gasteiger partial charge is 0.374 e. The Bertz CT molecular complexity index is 897. The summed E-state index contributed by atoms with van der Waals surface area (Å²) in [4.78, 5) is 36.4. The Hall–Kier alpha value is -3.42. The second-order valence-electron chi connectivity index (χ2n) is 6.32. The molecule has 0 bridgehead atoms. The van der Waals surface area contributed by atoms with Gasteiger partial charge in [-0.2, -0.15) is 0 Å². The van der Waals surface area contributed by atoms with E-state index in [1.807, 2.05) is 24.3 Å². The Morgan fingerprint density at radius 1 is 1.22 bits per heavy atom. The topological polar surface area (TPSA) is 105 Å². The Balaban J connectivity index is 1.68. The van der Waals surface area contributed by atoms with Crippen LogP contribution in [0, 0.1) is 17.0 Å². The number of nitro benzene ring substituents is 1. The molecule has 1 aliphatic rings. The molecule has 0 radical (unpaired) electrons. The van der Waals surface area contributed by atoms with Crippen molar-refractivity contribution in [3.63, 3.8) is 0 Å². The van der Waals surface area contributed by atoms with Crippen molar-refractivity contribution in [1.82, 2.24) is 0 Å². The summed E-state index contributed by atoms with van der Waals surface area (Å²) < 4.78 is 0. The van der Waals surface area contributed by atoms with E-state index in [0.717, 1.165) is 17.7 Å². The Morgan fingerprint density at radius 2 is 2.00 bits per heavy atom. The third-order valence-corrected chi connectivity index (χ3v) is 4.41. The molecule has 0 spiro atoms. The lowest BCUT2D eigenvalue weighted by Crippen LogP contribution is -2.26. The SMILES string of the molecule is Cc1ccc([N+](=O)[O-])cc1NC(=O)CNc1ccccc1N1CCCC1=O. The lowest BCUT2D eigenvalue weighted by molar-refractivity contribution is -0.384. The molecule has 2 aromatic rings. The number of hydrogen-bond acceptors (Lipinski definition) is 5. The fraction of sp³-hybridized carbons (Fsp3) is 0.263. The van der Waals surface area contributed by atoms with E-state index < -0.39 is 4.92 Å². The van der Waals surface area contributed by atoms with Crippen LogP contribution in [0.3, 0.4) is 0 Å². The molecule has 27 heavy (non-hydrogen) atoms. The molecule has 2 aromatic carbocycles. The van der Waals surface area contributed by atoms with Gasteiger partial charge in [-0.3, -0.25) is 19.7 Å². The lowest BCUT2D eigenvalue weighted by Gasteiger charge is -2.20. The van der Waals surface area contributed by atoms with Gasteiger partial charge in [-0.05, 0) is 31.0 Å². The van der Waals surface area contributed by atoms with Gasteiger partial charge in [-0.25, -0.2) is 0 Å². The summed E-state index contributed by atoms with van der Waals surface area (Å²) in [5, 5.41) is 16.6. The van der Waals surface area contributed by atoms with Crippen molar-refractivity contribution < 1.29 is 14.5 Å². The molecule has 3 rings (SSSR count). The molecule has 2 amide bonds. The van der Waals surface area contributed by atoms with Gasteiger partial charge in [0.2, 0.25) is 11.8 Å². The number of benzene rings is 2. The van der Waals surface area contributed by atoms with Crippen molar-refractivity contribution in [3.8, 4) is 0 Å². The third kappa shape index (κ3) is 4.22. The van der Waals surface area contributed by atoms with Gasteiger partial charge >= 0.3 is 0 Å². The predicted molar refractivity (Wildman–Crippen MR) is 103 cm³/mol. The predicted octanol–water partition coefficient (Wildman–Crippen LogP) is 3.08. The number of hydrogen-bond donors (Lipinski definition) is 2. The summed E-state index contributed by atoms with van der Waals surface area (Å²) in [6, 6.07) is 11.7. The molecule has 140 valence electrons. The number of anilines is 3. The highest BCUT2D eigenvalue weighted by molar-refractivity contribution is 5.99. The van der Waals surface area contributed by atoms with E-state index in [-0.39, 0.29) is 24.0 Å². The van der Waals surface area contributed by atoms with E-state index in [4.69, 9.17) is 0 Å². The average Bonchev–Trinajstić information content (AvgIpc) is 3.07. The maximum absolute atomic E-state index is 12.3. The molecule has 1 heterocycles. The van der Waals surface area contributed by atoms with Crippen LogP contribution in [0.5, 0.6) is 0 Å². The fourth-order valence-electron chi connectivity index (χ4n) is 2.99. The second kappa shape index (κ2) is 7.86. The Labute approximate surface area is 156 Å². The smallest absolute Gasteiger partial charge is 0.271 e. The van der Waals surface area contributed by atoms with Crippen molar-refractivity contribution in [2.24, 2.45) is 0 Å². The first-order chi connectivity index (χ1) is 13.0. The van der Waals surface area contributed by atoms with Crippen molar-refractivity contribution in [3.05, 3.63) is 58.1 Å². The van der Waals surface area contributed by atoms with Crippen LogP contribution in [0.15, 0.2) is 42.5 Å².